The zero-order chi connectivity index (χ0) is 22.4. The van der Waals surface area contributed by atoms with Gasteiger partial charge in [-0.1, -0.05) is 13.8 Å². The Bertz CT molecular complexity index is 967. The van der Waals surface area contributed by atoms with E-state index in [1.165, 1.54) is 34.9 Å². The number of rotatable bonds is 6. The van der Waals surface area contributed by atoms with Crippen molar-refractivity contribution in [1.29, 1.82) is 0 Å². The van der Waals surface area contributed by atoms with E-state index in [0.717, 1.165) is 64.7 Å². The second-order valence-electron chi connectivity index (χ2n) is 10.7. The van der Waals surface area contributed by atoms with E-state index in [9.17, 15) is 0 Å². The average Bonchev–Trinajstić information content (AvgIpc) is 3.60. The number of hydrogen-bond donors (Lipinski definition) is 1. The van der Waals surface area contributed by atoms with Crippen LogP contribution in [0.25, 0.3) is 0 Å². The lowest BCUT2D eigenvalue weighted by Crippen LogP contribution is -2.34. The number of aryl methyl sites for hydroxylation is 1. The highest BCUT2D eigenvalue weighted by molar-refractivity contribution is 5.48. The molecule has 2 aromatic rings. The molecule has 6 heteroatoms. The molecule has 6 rings (SSSR count). The third kappa shape index (κ3) is 4.12. The Hall–Kier alpha value is -2.18. The SMILES string of the molecule is CCc1cc(CC(C)c2ccc(N3C[C@H]4COC[C@H]4C3)cn2)cc(N2CCC3CNCC32)n1. The minimum atomic E-state index is 0.379. The molecule has 6 heterocycles. The van der Waals surface area contributed by atoms with Gasteiger partial charge in [-0.05, 0) is 55.0 Å². The minimum Gasteiger partial charge on any atom is -0.381 e. The van der Waals surface area contributed by atoms with Crippen molar-refractivity contribution >= 4 is 11.5 Å². The van der Waals surface area contributed by atoms with Crippen LogP contribution < -0.4 is 15.1 Å². The van der Waals surface area contributed by atoms with E-state index in [2.05, 4.69) is 59.4 Å². The summed E-state index contributed by atoms with van der Waals surface area (Å²) < 4.78 is 5.63. The molecule has 0 saturated carbocycles. The predicted octanol–water partition coefficient (Wildman–Crippen LogP) is 3.27. The van der Waals surface area contributed by atoms with Gasteiger partial charge in [0, 0.05) is 67.9 Å². The molecule has 5 atom stereocenters. The fourth-order valence-electron chi connectivity index (χ4n) is 6.45. The smallest absolute Gasteiger partial charge is 0.129 e. The molecule has 4 aliphatic heterocycles. The molecule has 0 radical (unpaired) electrons. The Kier molecular flexibility index (Phi) is 5.75. The number of nitrogens with zero attached hydrogens (tertiary/aromatic N) is 4. The second kappa shape index (κ2) is 8.88. The standard InChI is InChI=1S/C27H37N5O/c1-3-23-9-19(10-27(30-23)32-7-6-20-11-28-13-26(20)32)8-18(2)25-5-4-24(12-29-25)31-14-21-16-33-17-22(21)15-31/h4-5,9-10,12,18,20-22,26,28H,3,6-8,11,13-17H2,1-2H3/t18?,20?,21-,22+,26?. The van der Waals surface area contributed by atoms with Crippen molar-refractivity contribution in [3.63, 3.8) is 0 Å². The molecule has 2 aromatic heterocycles. The number of anilines is 2. The number of pyridine rings is 2. The molecular weight excluding hydrogens is 410 g/mol. The van der Waals surface area contributed by atoms with E-state index in [0.29, 0.717) is 23.8 Å². The molecule has 4 fully saturated rings. The van der Waals surface area contributed by atoms with Crippen LogP contribution in [0, 0.1) is 17.8 Å². The van der Waals surface area contributed by atoms with Crippen molar-refractivity contribution in [1.82, 2.24) is 15.3 Å². The first-order valence-corrected chi connectivity index (χ1v) is 12.9. The van der Waals surface area contributed by atoms with Crippen molar-refractivity contribution < 1.29 is 4.74 Å². The summed E-state index contributed by atoms with van der Waals surface area (Å²) in [5.74, 6) is 3.74. The molecule has 0 aliphatic carbocycles. The summed E-state index contributed by atoms with van der Waals surface area (Å²) in [7, 11) is 0. The Morgan fingerprint density at radius 2 is 1.97 bits per heavy atom. The predicted molar refractivity (Wildman–Crippen MR) is 132 cm³/mol. The number of aromatic nitrogens is 2. The van der Waals surface area contributed by atoms with Crippen molar-refractivity contribution in [2.45, 2.75) is 45.1 Å². The summed E-state index contributed by atoms with van der Waals surface area (Å²) >= 11 is 0. The largest absolute Gasteiger partial charge is 0.381 e. The van der Waals surface area contributed by atoms with Crippen molar-refractivity contribution in [2.24, 2.45) is 17.8 Å². The van der Waals surface area contributed by atoms with Crippen LogP contribution in [-0.4, -0.2) is 61.9 Å². The van der Waals surface area contributed by atoms with Crippen molar-refractivity contribution in [3.8, 4) is 0 Å². The first-order valence-electron chi connectivity index (χ1n) is 12.9. The topological polar surface area (TPSA) is 53.5 Å². The minimum absolute atomic E-state index is 0.379. The molecule has 1 N–H and O–H groups in total. The van der Waals surface area contributed by atoms with Crippen LogP contribution in [0.2, 0.25) is 0 Å². The molecule has 0 amide bonds. The Balaban J connectivity index is 1.15. The van der Waals surface area contributed by atoms with E-state index in [1.807, 2.05) is 0 Å². The molecule has 4 saturated heterocycles. The summed E-state index contributed by atoms with van der Waals surface area (Å²) in [6, 6.07) is 9.77. The van der Waals surface area contributed by atoms with E-state index < -0.39 is 0 Å². The van der Waals surface area contributed by atoms with Gasteiger partial charge in [-0.25, -0.2) is 4.98 Å². The summed E-state index contributed by atoms with van der Waals surface area (Å²) in [6.07, 6.45) is 5.34. The molecule has 0 spiro atoms. The van der Waals surface area contributed by atoms with Crippen LogP contribution in [0.1, 0.15) is 43.1 Å². The van der Waals surface area contributed by atoms with Gasteiger partial charge in [-0.3, -0.25) is 4.98 Å². The molecule has 0 bridgehead atoms. The summed E-state index contributed by atoms with van der Waals surface area (Å²) in [5, 5.41) is 3.57. The summed E-state index contributed by atoms with van der Waals surface area (Å²) in [4.78, 5) is 15.0. The van der Waals surface area contributed by atoms with Crippen molar-refractivity contribution in [2.75, 3.05) is 55.7 Å². The number of hydrogen-bond acceptors (Lipinski definition) is 6. The van der Waals surface area contributed by atoms with E-state index in [-0.39, 0.29) is 0 Å². The zero-order valence-electron chi connectivity index (χ0n) is 20.0. The third-order valence-corrected chi connectivity index (χ3v) is 8.45. The first kappa shape index (κ1) is 21.4. The number of ether oxygens (including phenoxy) is 1. The number of fused-ring (bicyclic) bond motifs is 2. The van der Waals surface area contributed by atoms with Gasteiger partial charge < -0.3 is 19.9 Å². The molecule has 0 aromatic carbocycles. The van der Waals surface area contributed by atoms with Crippen LogP contribution in [0.5, 0.6) is 0 Å². The maximum absolute atomic E-state index is 5.63. The van der Waals surface area contributed by atoms with Gasteiger partial charge in [0.1, 0.15) is 5.82 Å². The highest BCUT2D eigenvalue weighted by Gasteiger charge is 2.38. The molecular formula is C27H37N5O. The third-order valence-electron chi connectivity index (χ3n) is 8.45. The molecule has 6 nitrogen and oxygen atoms in total. The van der Waals surface area contributed by atoms with Gasteiger partial charge in [0.05, 0.1) is 25.1 Å². The summed E-state index contributed by atoms with van der Waals surface area (Å²) in [6.45, 7) is 12.0. The van der Waals surface area contributed by atoms with Crippen LogP contribution in [0.15, 0.2) is 30.5 Å². The fraction of sp³-hybridized carbons (Fsp3) is 0.630. The van der Waals surface area contributed by atoms with Crippen LogP contribution in [0.3, 0.4) is 0 Å². The van der Waals surface area contributed by atoms with E-state index in [1.54, 1.807) is 0 Å². The molecule has 176 valence electrons. The second-order valence-corrected chi connectivity index (χ2v) is 10.7. The Morgan fingerprint density at radius 1 is 1.12 bits per heavy atom. The monoisotopic (exact) mass is 447 g/mol. The highest BCUT2D eigenvalue weighted by atomic mass is 16.5. The normalized spacial score (nSPS) is 29.5. The van der Waals surface area contributed by atoms with Gasteiger partial charge in [0.2, 0.25) is 0 Å². The van der Waals surface area contributed by atoms with Gasteiger partial charge >= 0.3 is 0 Å². The van der Waals surface area contributed by atoms with Gasteiger partial charge in [-0.2, -0.15) is 0 Å². The maximum Gasteiger partial charge on any atom is 0.129 e. The van der Waals surface area contributed by atoms with Gasteiger partial charge in [0.15, 0.2) is 0 Å². The van der Waals surface area contributed by atoms with Gasteiger partial charge in [0.25, 0.3) is 0 Å². The molecule has 3 unspecified atom stereocenters. The lowest BCUT2D eigenvalue weighted by molar-refractivity contribution is 0.177. The van der Waals surface area contributed by atoms with E-state index >= 15 is 0 Å². The van der Waals surface area contributed by atoms with Crippen LogP contribution >= 0.6 is 0 Å². The zero-order valence-corrected chi connectivity index (χ0v) is 20.0. The molecule has 4 aliphatic rings. The van der Waals surface area contributed by atoms with Gasteiger partial charge in [-0.15, -0.1) is 0 Å². The van der Waals surface area contributed by atoms with Crippen LogP contribution in [-0.2, 0) is 17.6 Å². The lowest BCUT2D eigenvalue weighted by Gasteiger charge is -2.26. The first-order chi connectivity index (χ1) is 16.2. The Labute approximate surface area is 197 Å². The highest BCUT2D eigenvalue weighted by Crippen LogP contribution is 2.34. The average molecular weight is 448 g/mol. The molecule has 33 heavy (non-hydrogen) atoms. The Morgan fingerprint density at radius 3 is 2.73 bits per heavy atom. The van der Waals surface area contributed by atoms with Crippen LogP contribution in [0.4, 0.5) is 11.5 Å². The summed E-state index contributed by atoms with van der Waals surface area (Å²) in [5.41, 5.74) is 5.03. The van der Waals surface area contributed by atoms with Crippen molar-refractivity contribution in [3.05, 3.63) is 47.4 Å². The lowest BCUT2D eigenvalue weighted by atomic mass is 9.97. The maximum atomic E-state index is 5.63. The quantitative estimate of drug-likeness (QED) is 0.734. The fourth-order valence-corrected chi connectivity index (χ4v) is 6.45. The van der Waals surface area contributed by atoms with E-state index in [4.69, 9.17) is 14.7 Å². The number of nitrogens with one attached hydrogen (secondary N) is 1.